The molecule has 0 amide bonds. The second-order valence-corrected chi connectivity index (χ2v) is 10.2. The Morgan fingerprint density at radius 2 is 1.70 bits per heavy atom. The Morgan fingerprint density at radius 3 is 2.41 bits per heavy atom. The van der Waals surface area contributed by atoms with Crippen LogP contribution in [0.3, 0.4) is 0 Å². The molecule has 5 rings (SSSR count). The lowest BCUT2D eigenvalue weighted by Gasteiger charge is -2.37. The minimum absolute atomic E-state index is 0.0425. The van der Waals surface area contributed by atoms with Crippen LogP contribution in [0, 0.1) is 0 Å². The molecule has 6 heteroatoms. The molecule has 0 aromatic heterocycles. The monoisotopic (exact) mass is 501 g/mol. The highest BCUT2D eigenvalue weighted by Crippen LogP contribution is 2.48. The zero-order valence-corrected chi connectivity index (χ0v) is 21.8. The molecule has 1 heterocycles. The van der Waals surface area contributed by atoms with Crippen LogP contribution in [-0.4, -0.2) is 32.1 Å². The summed E-state index contributed by atoms with van der Waals surface area (Å²) in [4.78, 5) is 27.6. The molecule has 1 N–H and O–H groups in total. The molecular weight excluding hydrogens is 466 g/mol. The van der Waals surface area contributed by atoms with Crippen molar-refractivity contribution in [3.63, 3.8) is 0 Å². The van der Waals surface area contributed by atoms with Gasteiger partial charge in [0.05, 0.1) is 25.7 Å². The maximum absolute atomic E-state index is 13.8. The summed E-state index contributed by atoms with van der Waals surface area (Å²) in [5, 5.41) is 3.45. The van der Waals surface area contributed by atoms with Gasteiger partial charge in [-0.2, -0.15) is 0 Å². The van der Waals surface area contributed by atoms with E-state index in [4.69, 9.17) is 14.2 Å². The van der Waals surface area contributed by atoms with Gasteiger partial charge in [0, 0.05) is 35.0 Å². The van der Waals surface area contributed by atoms with E-state index >= 15 is 0 Å². The third-order valence-corrected chi connectivity index (χ3v) is 7.90. The highest BCUT2D eigenvalue weighted by atomic mass is 16.5. The van der Waals surface area contributed by atoms with Crippen molar-refractivity contribution >= 4 is 11.8 Å². The molecule has 2 aromatic carbocycles. The van der Waals surface area contributed by atoms with Crippen LogP contribution in [0.25, 0.3) is 0 Å². The van der Waals surface area contributed by atoms with E-state index in [1.165, 1.54) is 6.42 Å². The number of hydrogen-bond donors (Lipinski definition) is 1. The predicted molar refractivity (Wildman–Crippen MR) is 142 cm³/mol. The smallest absolute Gasteiger partial charge is 0.337 e. The van der Waals surface area contributed by atoms with Gasteiger partial charge in [-0.25, -0.2) is 4.79 Å². The number of allylic oxidation sites excluding steroid dienone is 3. The Labute approximate surface area is 218 Å². The van der Waals surface area contributed by atoms with Crippen LogP contribution in [0.5, 0.6) is 11.5 Å². The van der Waals surface area contributed by atoms with Crippen molar-refractivity contribution in [3.05, 3.63) is 82.2 Å². The number of dihydropyridines is 1. The molecule has 1 fully saturated rings. The average molecular weight is 502 g/mol. The molecular formula is C31H35NO5. The van der Waals surface area contributed by atoms with Gasteiger partial charge in [0.15, 0.2) is 5.78 Å². The summed E-state index contributed by atoms with van der Waals surface area (Å²) in [7, 11) is 3.20. The van der Waals surface area contributed by atoms with Crippen molar-refractivity contribution in [1.82, 2.24) is 5.32 Å². The van der Waals surface area contributed by atoms with Crippen molar-refractivity contribution in [2.45, 2.75) is 69.8 Å². The lowest BCUT2D eigenvalue weighted by atomic mass is 9.71. The van der Waals surface area contributed by atoms with E-state index in [1.54, 1.807) is 20.3 Å². The minimum Gasteiger partial charge on any atom is -0.497 e. The molecule has 0 spiro atoms. The molecule has 0 saturated heterocycles. The van der Waals surface area contributed by atoms with Crippen molar-refractivity contribution < 1.29 is 23.8 Å². The highest BCUT2D eigenvalue weighted by Gasteiger charge is 2.43. The van der Waals surface area contributed by atoms with Crippen LogP contribution in [0.15, 0.2) is 71.1 Å². The van der Waals surface area contributed by atoms with Crippen LogP contribution in [-0.2, 0) is 14.3 Å². The van der Waals surface area contributed by atoms with Gasteiger partial charge < -0.3 is 19.5 Å². The maximum atomic E-state index is 13.8. The topological polar surface area (TPSA) is 73.9 Å². The van der Waals surface area contributed by atoms with Crippen LogP contribution < -0.4 is 14.8 Å². The van der Waals surface area contributed by atoms with Gasteiger partial charge >= 0.3 is 5.97 Å². The van der Waals surface area contributed by atoms with Crippen molar-refractivity contribution in [3.8, 4) is 11.5 Å². The van der Waals surface area contributed by atoms with E-state index in [1.807, 2.05) is 37.3 Å². The number of ketones is 1. The van der Waals surface area contributed by atoms with Gasteiger partial charge in [-0.1, -0.05) is 42.8 Å². The molecule has 2 atom stereocenters. The Hall–Kier alpha value is -3.54. The molecule has 1 aliphatic heterocycles. The SMILES string of the molecule is COc1ccc([C@H]2C(C(=O)OC3CCCCC3)=C(C)NC3=C2C(=O)C[C@@H](c2ccccc2)C3)c(OC)c1. The Bertz CT molecular complexity index is 1240. The molecule has 2 aliphatic carbocycles. The minimum atomic E-state index is -0.572. The van der Waals surface area contributed by atoms with E-state index in [9.17, 15) is 9.59 Å². The number of benzene rings is 2. The lowest BCUT2D eigenvalue weighted by Crippen LogP contribution is -2.37. The van der Waals surface area contributed by atoms with Crippen molar-refractivity contribution in [2.24, 2.45) is 0 Å². The highest BCUT2D eigenvalue weighted by molar-refractivity contribution is 6.04. The first kappa shape index (κ1) is 25.1. The van der Waals surface area contributed by atoms with Crippen LogP contribution >= 0.6 is 0 Å². The van der Waals surface area contributed by atoms with Gasteiger partial charge in [0.2, 0.25) is 0 Å². The fourth-order valence-electron chi connectivity index (χ4n) is 6.04. The first-order valence-electron chi connectivity index (χ1n) is 13.2. The Morgan fingerprint density at radius 1 is 0.946 bits per heavy atom. The summed E-state index contributed by atoms with van der Waals surface area (Å²) in [6, 6.07) is 15.7. The summed E-state index contributed by atoms with van der Waals surface area (Å²) in [5.41, 5.74) is 4.63. The second-order valence-electron chi connectivity index (χ2n) is 10.2. The van der Waals surface area contributed by atoms with Gasteiger partial charge in [-0.05, 0) is 56.6 Å². The van der Waals surface area contributed by atoms with Gasteiger partial charge in [-0.15, -0.1) is 0 Å². The molecule has 0 unspecified atom stereocenters. The first-order valence-corrected chi connectivity index (χ1v) is 13.2. The number of Topliss-reactive ketones (excluding diaryl/α,β-unsaturated/α-hetero) is 1. The van der Waals surface area contributed by atoms with E-state index in [0.29, 0.717) is 35.5 Å². The Kier molecular flexibility index (Phi) is 7.36. The molecule has 2 aromatic rings. The van der Waals surface area contributed by atoms with Gasteiger partial charge in [0.1, 0.15) is 17.6 Å². The fourth-order valence-corrected chi connectivity index (χ4v) is 6.04. The Balaban J connectivity index is 1.58. The maximum Gasteiger partial charge on any atom is 0.337 e. The summed E-state index contributed by atoms with van der Waals surface area (Å²) in [5.74, 6) is 0.423. The third kappa shape index (κ3) is 5.02. The molecule has 1 saturated carbocycles. The van der Waals surface area contributed by atoms with E-state index in [0.717, 1.165) is 48.2 Å². The molecule has 37 heavy (non-hydrogen) atoms. The second kappa shape index (κ2) is 10.8. The molecule has 0 bridgehead atoms. The van der Waals surface area contributed by atoms with Crippen molar-refractivity contribution in [2.75, 3.05) is 14.2 Å². The van der Waals surface area contributed by atoms with E-state index < -0.39 is 5.92 Å². The van der Waals surface area contributed by atoms with E-state index in [-0.39, 0.29) is 23.8 Å². The third-order valence-electron chi connectivity index (χ3n) is 7.90. The van der Waals surface area contributed by atoms with Crippen LogP contribution in [0.1, 0.15) is 74.8 Å². The van der Waals surface area contributed by atoms with Crippen LogP contribution in [0.2, 0.25) is 0 Å². The number of carbonyl (C=O) groups is 2. The zero-order chi connectivity index (χ0) is 25.9. The van der Waals surface area contributed by atoms with Gasteiger partial charge in [0.25, 0.3) is 0 Å². The molecule has 0 radical (unpaired) electrons. The van der Waals surface area contributed by atoms with Crippen molar-refractivity contribution in [1.29, 1.82) is 0 Å². The fraction of sp³-hybridized carbons (Fsp3) is 0.419. The molecule has 194 valence electrons. The number of nitrogens with one attached hydrogen (secondary N) is 1. The predicted octanol–water partition coefficient (Wildman–Crippen LogP) is 5.94. The number of carbonyl (C=O) groups excluding carboxylic acids is 2. The summed E-state index contributed by atoms with van der Waals surface area (Å²) < 4.78 is 17.2. The largest absolute Gasteiger partial charge is 0.497 e. The normalized spacial score (nSPS) is 22.3. The summed E-state index contributed by atoms with van der Waals surface area (Å²) in [6.45, 7) is 1.90. The average Bonchev–Trinajstić information content (AvgIpc) is 2.92. The quantitative estimate of drug-likeness (QED) is 0.494. The lowest BCUT2D eigenvalue weighted by molar-refractivity contribution is -0.146. The molecule has 3 aliphatic rings. The zero-order valence-electron chi connectivity index (χ0n) is 21.8. The number of esters is 1. The first-order chi connectivity index (χ1) is 18.0. The van der Waals surface area contributed by atoms with E-state index in [2.05, 4.69) is 17.4 Å². The summed E-state index contributed by atoms with van der Waals surface area (Å²) in [6.07, 6.45) is 6.08. The number of hydrogen-bond acceptors (Lipinski definition) is 6. The van der Waals surface area contributed by atoms with Gasteiger partial charge in [-0.3, -0.25) is 4.79 Å². The number of methoxy groups -OCH3 is 2. The van der Waals surface area contributed by atoms with Crippen LogP contribution in [0.4, 0.5) is 0 Å². The molecule has 6 nitrogen and oxygen atoms in total. The summed E-state index contributed by atoms with van der Waals surface area (Å²) >= 11 is 0. The number of ether oxygens (including phenoxy) is 3. The standard InChI is InChI=1S/C31H35NO5/c1-19-28(31(34)37-22-12-8-5-9-13-22)29(24-15-14-23(35-2)18-27(24)36-3)30-25(32-19)16-21(17-26(30)33)20-10-6-4-7-11-20/h4,6-7,10-11,14-15,18,21-22,29,32H,5,8-9,12-13,16-17H2,1-3H3/t21-,29-/m0/s1. The number of rotatable bonds is 6.